The Morgan fingerprint density at radius 2 is 2.05 bits per heavy atom. The van der Waals surface area contributed by atoms with Crippen LogP contribution in [0.3, 0.4) is 0 Å². The van der Waals surface area contributed by atoms with Crippen LogP contribution in [0.5, 0.6) is 0 Å². The Hall–Kier alpha value is -2.05. The Kier molecular flexibility index (Phi) is 4.91. The number of nitrogens with one attached hydrogen (secondary N) is 1. The van der Waals surface area contributed by atoms with E-state index in [0.717, 1.165) is 0 Å². The highest BCUT2D eigenvalue weighted by Gasteiger charge is 2.24. The molecular weight excluding hydrogens is 246 g/mol. The summed E-state index contributed by atoms with van der Waals surface area (Å²) in [4.78, 5) is 25.4. The monoisotopic (exact) mass is 267 g/mol. The SMILES string of the molecule is CCNC(=O)CN(CC)C(=O)c1c(N)c(C)nn1C. The summed E-state index contributed by atoms with van der Waals surface area (Å²) in [6.07, 6.45) is 0. The molecule has 2 amide bonds. The Balaban J connectivity index is 2.92. The van der Waals surface area contributed by atoms with Gasteiger partial charge in [0.1, 0.15) is 5.69 Å². The molecule has 0 spiro atoms. The molecule has 0 saturated carbocycles. The van der Waals surface area contributed by atoms with Crippen LogP contribution in [-0.2, 0) is 11.8 Å². The van der Waals surface area contributed by atoms with Crippen LogP contribution in [0.2, 0.25) is 0 Å². The summed E-state index contributed by atoms with van der Waals surface area (Å²) in [6.45, 7) is 6.38. The minimum Gasteiger partial charge on any atom is -0.395 e. The average Bonchev–Trinajstić information content (AvgIpc) is 2.60. The number of carbonyl (C=O) groups is 2. The van der Waals surface area contributed by atoms with Gasteiger partial charge in [-0.05, 0) is 20.8 Å². The molecule has 19 heavy (non-hydrogen) atoms. The molecule has 0 fully saturated rings. The van der Waals surface area contributed by atoms with Gasteiger partial charge in [0, 0.05) is 20.1 Å². The molecule has 0 aliphatic rings. The highest BCUT2D eigenvalue weighted by Crippen LogP contribution is 2.17. The summed E-state index contributed by atoms with van der Waals surface area (Å²) < 4.78 is 1.45. The molecule has 0 atom stereocenters. The van der Waals surface area contributed by atoms with Crippen molar-refractivity contribution in [3.05, 3.63) is 11.4 Å². The number of hydrogen-bond acceptors (Lipinski definition) is 4. The van der Waals surface area contributed by atoms with Gasteiger partial charge < -0.3 is 16.0 Å². The molecule has 0 aliphatic heterocycles. The zero-order valence-electron chi connectivity index (χ0n) is 11.9. The highest BCUT2D eigenvalue weighted by molar-refractivity contribution is 5.99. The predicted octanol–water partition coefficient (Wildman–Crippen LogP) is -0.0911. The van der Waals surface area contributed by atoms with Gasteiger partial charge >= 0.3 is 0 Å². The van der Waals surface area contributed by atoms with Gasteiger partial charge in [0.2, 0.25) is 5.91 Å². The number of nitrogens with zero attached hydrogens (tertiary/aromatic N) is 3. The van der Waals surface area contributed by atoms with Crippen molar-refractivity contribution in [2.75, 3.05) is 25.4 Å². The van der Waals surface area contributed by atoms with Gasteiger partial charge in [0.15, 0.2) is 0 Å². The first-order valence-corrected chi connectivity index (χ1v) is 6.27. The molecule has 3 N–H and O–H groups in total. The summed E-state index contributed by atoms with van der Waals surface area (Å²) >= 11 is 0. The molecule has 1 heterocycles. The minimum absolute atomic E-state index is 0.0207. The summed E-state index contributed by atoms with van der Waals surface area (Å²) in [6, 6.07) is 0. The smallest absolute Gasteiger partial charge is 0.274 e. The number of aryl methyl sites for hydroxylation is 2. The van der Waals surface area contributed by atoms with E-state index < -0.39 is 0 Å². The molecule has 7 nitrogen and oxygen atoms in total. The highest BCUT2D eigenvalue weighted by atomic mass is 16.2. The quantitative estimate of drug-likeness (QED) is 0.779. The minimum atomic E-state index is -0.283. The number of nitrogens with two attached hydrogens (primary N) is 1. The molecule has 7 heteroatoms. The largest absolute Gasteiger partial charge is 0.395 e. The van der Waals surface area contributed by atoms with E-state index >= 15 is 0 Å². The number of likely N-dealkylation sites (N-methyl/N-ethyl adjacent to an activating group) is 2. The van der Waals surface area contributed by atoms with E-state index in [4.69, 9.17) is 5.73 Å². The molecule has 1 aromatic rings. The van der Waals surface area contributed by atoms with E-state index in [1.165, 1.54) is 9.58 Å². The zero-order chi connectivity index (χ0) is 14.6. The molecule has 0 aliphatic carbocycles. The zero-order valence-corrected chi connectivity index (χ0v) is 11.9. The van der Waals surface area contributed by atoms with Crippen LogP contribution >= 0.6 is 0 Å². The van der Waals surface area contributed by atoms with Crippen molar-refractivity contribution < 1.29 is 9.59 Å². The van der Waals surface area contributed by atoms with Gasteiger partial charge in [-0.3, -0.25) is 14.3 Å². The Morgan fingerprint density at radius 1 is 1.42 bits per heavy atom. The van der Waals surface area contributed by atoms with Crippen LogP contribution in [0.25, 0.3) is 0 Å². The van der Waals surface area contributed by atoms with Crippen molar-refractivity contribution in [1.29, 1.82) is 0 Å². The fourth-order valence-electron chi connectivity index (χ4n) is 1.83. The molecule has 0 aromatic carbocycles. The average molecular weight is 267 g/mol. The van der Waals surface area contributed by atoms with Crippen LogP contribution < -0.4 is 11.1 Å². The maximum Gasteiger partial charge on any atom is 0.274 e. The van der Waals surface area contributed by atoms with Crippen LogP contribution in [-0.4, -0.2) is 46.1 Å². The molecule has 1 aromatic heterocycles. The van der Waals surface area contributed by atoms with E-state index in [9.17, 15) is 9.59 Å². The van der Waals surface area contributed by atoms with Gasteiger partial charge in [0.25, 0.3) is 5.91 Å². The van der Waals surface area contributed by atoms with Crippen LogP contribution in [0, 0.1) is 6.92 Å². The number of amides is 2. The Labute approximate surface area is 112 Å². The van der Waals surface area contributed by atoms with Crippen molar-refractivity contribution in [3.8, 4) is 0 Å². The van der Waals surface area contributed by atoms with Crippen LogP contribution in [0.1, 0.15) is 30.0 Å². The number of hydrogen-bond donors (Lipinski definition) is 2. The van der Waals surface area contributed by atoms with Gasteiger partial charge in [-0.15, -0.1) is 0 Å². The van der Waals surface area contributed by atoms with E-state index in [-0.39, 0.29) is 18.4 Å². The standard InChI is InChI=1S/C12H21N5O2/c1-5-14-9(18)7-17(6-2)12(19)11-10(13)8(3)15-16(11)4/h5-7,13H2,1-4H3,(H,14,18). The summed E-state index contributed by atoms with van der Waals surface area (Å²) in [5, 5.41) is 6.77. The molecule has 0 saturated heterocycles. The predicted molar refractivity (Wildman–Crippen MR) is 72.6 cm³/mol. The second-order valence-corrected chi connectivity index (χ2v) is 4.24. The normalized spacial score (nSPS) is 10.3. The first kappa shape index (κ1) is 15.0. The van der Waals surface area contributed by atoms with Gasteiger partial charge in [-0.25, -0.2) is 0 Å². The lowest BCUT2D eigenvalue weighted by atomic mass is 10.2. The number of carbonyl (C=O) groups excluding carboxylic acids is 2. The lowest BCUT2D eigenvalue weighted by Crippen LogP contribution is -2.41. The summed E-state index contributed by atoms with van der Waals surface area (Å²) in [7, 11) is 1.66. The maximum absolute atomic E-state index is 12.4. The molecule has 106 valence electrons. The van der Waals surface area contributed by atoms with E-state index in [2.05, 4.69) is 10.4 Å². The van der Waals surface area contributed by atoms with Gasteiger partial charge in [-0.1, -0.05) is 0 Å². The van der Waals surface area contributed by atoms with Gasteiger partial charge in [-0.2, -0.15) is 5.10 Å². The number of anilines is 1. The first-order chi connectivity index (χ1) is 8.92. The van der Waals surface area contributed by atoms with Gasteiger partial charge in [0.05, 0.1) is 17.9 Å². The fraction of sp³-hybridized carbons (Fsp3) is 0.583. The first-order valence-electron chi connectivity index (χ1n) is 6.27. The lowest BCUT2D eigenvalue weighted by molar-refractivity contribution is -0.121. The van der Waals surface area contributed by atoms with E-state index in [1.807, 2.05) is 13.8 Å². The molecule has 1 rings (SSSR count). The summed E-state index contributed by atoms with van der Waals surface area (Å²) in [5.41, 5.74) is 7.15. The molecule has 0 bridgehead atoms. The van der Waals surface area contributed by atoms with Crippen molar-refractivity contribution >= 4 is 17.5 Å². The third-order valence-corrected chi connectivity index (χ3v) is 2.85. The second-order valence-electron chi connectivity index (χ2n) is 4.24. The van der Waals surface area contributed by atoms with Crippen molar-refractivity contribution in [2.45, 2.75) is 20.8 Å². The molecule has 0 unspecified atom stereocenters. The lowest BCUT2D eigenvalue weighted by Gasteiger charge is -2.20. The molecular formula is C12H21N5O2. The third-order valence-electron chi connectivity index (χ3n) is 2.85. The Bertz CT molecular complexity index is 481. The topological polar surface area (TPSA) is 93.2 Å². The maximum atomic E-state index is 12.4. The third kappa shape index (κ3) is 3.24. The second kappa shape index (κ2) is 6.21. The number of rotatable bonds is 5. The van der Waals surface area contributed by atoms with E-state index in [0.29, 0.717) is 30.2 Å². The van der Waals surface area contributed by atoms with E-state index in [1.54, 1.807) is 14.0 Å². The van der Waals surface area contributed by atoms with Crippen molar-refractivity contribution in [2.24, 2.45) is 7.05 Å². The van der Waals surface area contributed by atoms with Crippen LogP contribution in [0.15, 0.2) is 0 Å². The Morgan fingerprint density at radius 3 is 2.47 bits per heavy atom. The summed E-state index contributed by atoms with van der Waals surface area (Å²) in [5.74, 6) is -0.468. The van der Waals surface area contributed by atoms with Crippen molar-refractivity contribution in [1.82, 2.24) is 20.0 Å². The van der Waals surface area contributed by atoms with Crippen molar-refractivity contribution in [3.63, 3.8) is 0 Å². The molecule has 0 radical (unpaired) electrons. The van der Waals surface area contributed by atoms with Crippen LogP contribution in [0.4, 0.5) is 5.69 Å². The number of nitrogen functional groups attached to an aromatic ring is 1. The number of aromatic nitrogens is 2. The fourth-order valence-corrected chi connectivity index (χ4v) is 1.83.